The lowest BCUT2D eigenvalue weighted by Gasteiger charge is -2.29. The van der Waals surface area contributed by atoms with Crippen LogP contribution in [0.1, 0.15) is 18.6 Å². The van der Waals surface area contributed by atoms with Crippen LogP contribution in [0.4, 0.5) is 0 Å². The largest absolute Gasteiger partial charge is 0.447 e. The van der Waals surface area contributed by atoms with Gasteiger partial charge in [0.25, 0.3) is 10.0 Å². The van der Waals surface area contributed by atoms with Crippen LogP contribution in [0.2, 0.25) is 0 Å². The minimum absolute atomic E-state index is 0.00157. The third kappa shape index (κ3) is 4.29. The van der Waals surface area contributed by atoms with E-state index in [1.807, 2.05) is 0 Å². The number of hydrogen-bond donors (Lipinski definition) is 1. The van der Waals surface area contributed by atoms with Gasteiger partial charge in [0.05, 0.1) is 6.54 Å². The molecule has 1 unspecified atom stereocenters. The molecule has 1 aliphatic heterocycles. The molecular formula is C14H25N3O3S. The highest BCUT2D eigenvalue weighted by atomic mass is 32.2. The van der Waals surface area contributed by atoms with Gasteiger partial charge in [0.2, 0.25) is 5.09 Å². The van der Waals surface area contributed by atoms with Gasteiger partial charge in [-0.1, -0.05) is 0 Å². The standard InChI is InChI=1S/C14H25N3O3S/c1-16(2)21(18,19)14-7-6-13(20-14)10-15-9-12-5-4-8-17(3)11-12/h6-7,12,15H,4-5,8-11H2,1-3H3. The van der Waals surface area contributed by atoms with Crippen molar-refractivity contribution in [2.75, 3.05) is 40.8 Å². The predicted molar refractivity (Wildman–Crippen MR) is 81.5 cm³/mol. The topological polar surface area (TPSA) is 65.8 Å². The van der Waals surface area contributed by atoms with E-state index in [1.54, 1.807) is 6.07 Å². The molecule has 0 aliphatic carbocycles. The minimum atomic E-state index is -3.48. The first-order chi connectivity index (χ1) is 9.89. The molecule has 2 heterocycles. The lowest BCUT2D eigenvalue weighted by atomic mass is 9.98. The zero-order valence-electron chi connectivity index (χ0n) is 13.0. The van der Waals surface area contributed by atoms with Crippen molar-refractivity contribution in [1.29, 1.82) is 0 Å². The Morgan fingerprint density at radius 1 is 1.43 bits per heavy atom. The molecule has 1 N–H and O–H groups in total. The van der Waals surface area contributed by atoms with Crippen molar-refractivity contribution in [2.24, 2.45) is 5.92 Å². The van der Waals surface area contributed by atoms with E-state index in [4.69, 9.17) is 4.42 Å². The second-order valence-electron chi connectivity index (χ2n) is 5.91. The van der Waals surface area contributed by atoms with Gasteiger partial charge in [-0.25, -0.2) is 12.7 Å². The highest BCUT2D eigenvalue weighted by molar-refractivity contribution is 7.88. The number of likely N-dealkylation sites (tertiary alicyclic amines) is 1. The molecule has 21 heavy (non-hydrogen) atoms. The molecule has 0 amide bonds. The van der Waals surface area contributed by atoms with Crippen molar-refractivity contribution in [1.82, 2.24) is 14.5 Å². The van der Waals surface area contributed by atoms with Crippen LogP contribution in [0.3, 0.4) is 0 Å². The Kier molecular flexibility index (Phi) is 5.43. The molecule has 0 saturated carbocycles. The van der Waals surface area contributed by atoms with Crippen molar-refractivity contribution in [2.45, 2.75) is 24.5 Å². The van der Waals surface area contributed by atoms with Crippen molar-refractivity contribution in [3.05, 3.63) is 17.9 Å². The Morgan fingerprint density at radius 3 is 2.86 bits per heavy atom. The summed E-state index contributed by atoms with van der Waals surface area (Å²) < 4.78 is 30.4. The maximum absolute atomic E-state index is 11.9. The average molecular weight is 315 g/mol. The number of rotatable bonds is 6. The fourth-order valence-electron chi connectivity index (χ4n) is 2.61. The molecule has 1 atom stereocenters. The molecule has 7 heteroatoms. The Morgan fingerprint density at radius 2 is 2.19 bits per heavy atom. The van der Waals surface area contributed by atoms with E-state index in [9.17, 15) is 8.42 Å². The second-order valence-corrected chi connectivity index (χ2v) is 7.99. The Balaban J connectivity index is 1.83. The number of hydrogen-bond acceptors (Lipinski definition) is 5. The van der Waals surface area contributed by atoms with Gasteiger partial charge in [-0.05, 0) is 51.0 Å². The fraction of sp³-hybridized carbons (Fsp3) is 0.714. The predicted octanol–water partition coefficient (Wildman–Crippen LogP) is 0.961. The molecule has 1 aromatic heterocycles. The molecule has 0 spiro atoms. The number of sulfonamides is 1. The molecule has 0 radical (unpaired) electrons. The Bertz CT molecular complexity index is 554. The summed E-state index contributed by atoms with van der Waals surface area (Å²) in [5.41, 5.74) is 0. The van der Waals surface area contributed by atoms with Gasteiger partial charge in [-0.15, -0.1) is 0 Å². The molecule has 1 fully saturated rings. The molecule has 0 bridgehead atoms. The van der Waals surface area contributed by atoms with E-state index in [0.29, 0.717) is 18.2 Å². The van der Waals surface area contributed by atoms with Crippen LogP contribution in [-0.2, 0) is 16.6 Å². The van der Waals surface area contributed by atoms with Gasteiger partial charge < -0.3 is 14.6 Å². The molecule has 1 aromatic rings. The molecule has 120 valence electrons. The maximum atomic E-state index is 11.9. The van der Waals surface area contributed by atoms with Gasteiger partial charge in [0.15, 0.2) is 0 Å². The van der Waals surface area contributed by atoms with Gasteiger partial charge >= 0.3 is 0 Å². The minimum Gasteiger partial charge on any atom is -0.447 e. The van der Waals surface area contributed by atoms with Crippen LogP contribution in [0, 0.1) is 5.92 Å². The van der Waals surface area contributed by atoms with Crippen LogP contribution in [0.15, 0.2) is 21.6 Å². The zero-order chi connectivity index (χ0) is 15.5. The van der Waals surface area contributed by atoms with Gasteiger partial charge in [0, 0.05) is 20.6 Å². The second kappa shape index (κ2) is 6.91. The van der Waals surface area contributed by atoms with Gasteiger partial charge in [-0.3, -0.25) is 0 Å². The smallest absolute Gasteiger partial charge is 0.275 e. The van der Waals surface area contributed by atoms with Gasteiger partial charge in [0.1, 0.15) is 5.76 Å². The first-order valence-electron chi connectivity index (χ1n) is 7.30. The third-order valence-corrected chi connectivity index (χ3v) is 5.52. The summed E-state index contributed by atoms with van der Waals surface area (Å²) in [6.07, 6.45) is 2.49. The van der Waals surface area contributed by atoms with Gasteiger partial charge in [-0.2, -0.15) is 0 Å². The average Bonchev–Trinajstić information content (AvgIpc) is 2.88. The summed E-state index contributed by atoms with van der Waals surface area (Å²) in [6.45, 7) is 3.79. The van der Waals surface area contributed by atoms with Crippen molar-refractivity contribution in [3.8, 4) is 0 Å². The number of nitrogens with zero attached hydrogens (tertiary/aromatic N) is 2. The van der Waals surface area contributed by atoms with Crippen molar-refractivity contribution < 1.29 is 12.8 Å². The van der Waals surface area contributed by atoms with Crippen LogP contribution in [0.25, 0.3) is 0 Å². The molecule has 0 aromatic carbocycles. The first-order valence-corrected chi connectivity index (χ1v) is 8.74. The summed E-state index contributed by atoms with van der Waals surface area (Å²) in [5, 5.41) is 3.36. The SMILES string of the molecule is CN1CCCC(CNCc2ccc(S(=O)(=O)N(C)C)o2)C1. The number of furan rings is 1. The van der Waals surface area contributed by atoms with Crippen LogP contribution in [0.5, 0.6) is 0 Å². The van der Waals surface area contributed by atoms with E-state index in [2.05, 4.69) is 17.3 Å². The van der Waals surface area contributed by atoms with E-state index in [1.165, 1.54) is 39.5 Å². The van der Waals surface area contributed by atoms with Crippen molar-refractivity contribution in [3.63, 3.8) is 0 Å². The van der Waals surface area contributed by atoms with E-state index < -0.39 is 10.0 Å². The van der Waals surface area contributed by atoms with Crippen molar-refractivity contribution >= 4 is 10.0 Å². The monoisotopic (exact) mass is 315 g/mol. The highest BCUT2D eigenvalue weighted by Crippen LogP contribution is 2.17. The summed E-state index contributed by atoms with van der Waals surface area (Å²) in [7, 11) is 1.66. The maximum Gasteiger partial charge on any atom is 0.275 e. The summed E-state index contributed by atoms with van der Waals surface area (Å²) in [5.74, 6) is 1.31. The fourth-order valence-corrected chi connectivity index (χ4v) is 3.42. The molecule has 6 nitrogen and oxygen atoms in total. The quantitative estimate of drug-likeness (QED) is 0.847. The zero-order valence-corrected chi connectivity index (χ0v) is 13.8. The van der Waals surface area contributed by atoms with E-state index in [0.717, 1.165) is 17.4 Å². The summed E-state index contributed by atoms with van der Waals surface area (Å²) >= 11 is 0. The Labute approximate surface area is 127 Å². The molecule has 1 aliphatic rings. The lowest BCUT2D eigenvalue weighted by molar-refractivity contribution is 0.205. The van der Waals surface area contributed by atoms with E-state index in [-0.39, 0.29) is 5.09 Å². The Hall–Kier alpha value is -0.890. The molecular weight excluding hydrogens is 290 g/mol. The normalized spacial score (nSPS) is 21.0. The highest BCUT2D eigenvalue weighted by Gasteiger charge is 2.21. The van der Waals surface area contributed by atoms with Crippen LogP contribution >= 0.6 is 0 Å². The number of nitrogens with one attached hydrogen (secondary N) is 1. The summed E-state index contributed by atoms with van der Waals surface area (Å²) in [6, 6.07) is 3.23. The molecule has 2 rings (SSSR count). The molecule has 1 saturated heterocycles. The van der Waals surface area contributed by atoms with Crippen LogP contribution in [-0.4, -0.2) is 58.4 Å². The first kappa shape index (κ1) is 16.5. The number of piperidine rings is 1. The lowest BCUT2D eigenvalue weighted by Crippen LogP contribution is -2.37. The summed E-state index contributed by atoms with van der Waals surface area (Å²) in [4.78, 5) is 2.35. The van der Waals surface area contributed by atoms with Crippen LogP contribution < -0.4 is 5.32 Å². The van der Waals surface area contributed by atoms with E-state index >= 15 is 0 Å². The third-order valence-electron chi connectivity index (χ3n) is 3.83.